The molecule has 0 aliphatic heterocycles. The zero-order valence-electron chi connectivity index (χ0n) is 20.3. The number of pyridine rings is 2. The molecular formula is C30H29N5. The van der Waals surface area contributed by atoms with Gasteiger partial charge in [0.1, 0.15) is 5.82 Å². The second kappa shape index (κ2) is 10.0. The first kappa shape index (κ1) is 22.7. The lowest BCUT2D eigenvalue weighted by Gasteiger charge is -2.17. The maximum Gasteiger partial charge on any atom is 0.163 e. The molecule has 0 fully saturated rings. The maximum atomic E-state index is 5.03. The Kier molecular flexibility index (Phi) is 6.49. The van der Waals surface area contributed by atoms with Crippen LogP contribution in [-0.2, 0) is 6.54 Å². The van der Waals surface area contributed by atoms with E-state index >= 15 is 0 Å². The molecule has 0 radical (unpaired) electrons. The van der Waals surface area contributed by atoms with Gasteiger partial charge in [0.05, 0.1) is 23.1 Å². The largest absolute Gasteiger partial charge is 0.364 e. The van der Waals surface area contributed by atoms with E-state index in [1.807, 2.05) is 48.9 Å². The molecular weight excluding hydrogens is 430 g/mol. The van der Waals surface area contributed by atoms with Crippen LogP contribution >= 0.6 is 0 Å². The lowest BCUT2D eigenvalue weighted by atomic mass is 9.91. The van der Waals surface area contributed by atoms with Crippen LogP contribution in [0.4, 0.5) is 5.82 Å². The fourth-order valence-corrected chi connectivity index (χ4v) is 4.19. The highest BCUT2D eigenvalue weighted by Gasteiger charge is 2.16. The molecule has 2 aromatic carbocycles. The molecule has 0 bridgehead atoms. The van der Waals surface area contributed by atoms with Crippen LogP contribution in [0.5, 0.6) is 0 Å². The molecule has 0 spiro atoms. The van der Waals surface area contributed by atoms with Gasteiger partial charge in [0.2, 0.25) is 0 Å². The molecule has 0 aliphatic carbocycles. The van der Waals surface area contributed by atoms with Gasteiger partial charge in [0, 0.05) is 24.2 Å². The molecule has 0 aliphatic rings. The number of benzene rings is 2. The topological polar surface area (TPSA) is 63.6 Å². The first-order valence-electron chi connectivity index (χ1n) is 12.1. The van der Waals surface area contributed by atoms with Crippen LogP contribution in [-0.4, -0.2) is 19.9 Å². The number of fused-ring (bicyclic) bond motifs is 1. The van der Waals surface area contributed by atoms with Crippen molar-refractivity contribution in [2.75, 3.05) is 5.32 Å². The average Bonchev–Trinajstić information content (AvgIpc) is 2.92. The Morgan fingerprint density at radius 3 is 2.40 bits per heavy atom. The van der Waals surface area contributed by atoms with Gasteiger partial charge in [-0.1, -0.05) is 69.3 Å². The normalized spacial score (nSPS) is 12.1. The number of nitrogens with one attached hydrogen (secondary N) is 1. The summed E-state index contributed by atoms with van der Waals surface area (Å²) >= 11 is 0. The van der Waals surface area contributed by atoms with Gasteiger partial charge in [-0.2, -0.15) is 0 Å². The highest BCUT2D eigenvalue weighted by Crippen LogP contribution is 2.34. The van der Waals surface area contributed by atoms with Crippen LogP contribution in [0.1, 0.15) is 37.9 Å². The van der Waals surface area contributed by atoms with Crippen molar-refractivity contribution in [1.29, 1.82) is 0 Å². The third kappa shape index (κ3) is 4.90. The van der Waals surface area contributed by atoms with Crippen LogP contribution in [0.25, 0.3) is 33.4 Å². The van der Waals surface area contributed by atoms with Crippen molar-refractivity contribution in [3.63, 3.8) is 0 Å². The summed E-state index contributed by atoms with van der Waals surface area (Å²) in [6.45, 7) is 7.26. The quantitative estimate of drug-likeness (QED) is 0.281. The third-order valence-electron chi connectivity index (χ3n) is 6.51. The second-order valence-corrected chi connectivity index (χ2v) is 9.18. The predicted molar refractivity (Wildman–Crippen MR) is 143 cm³/mol. The van der Waals surface area contributed by atoms with Gasteiger partial charge in [-0.3, -0.25) is 9.97 Å². The van der Waals surface area contributed by atoms with Crippen molar-refractivity contribution in [1.82, 2.24) is 19.9 Å². The van der Waals surface area contributed by atoms with E-state index in [1.165, 1.54) is 5.56 Å². The molecule has 174 valence electrons. The fraction of sp³-hybridized carbons (Fsp3) is 0.200. The van der Waals surface area contributed by atoms with E-state index in [4.69, 9.17) is 9.97 Å². The van der Waals surface area contributed by atoms with E-state index < -0.39 is 0 Å². The highest BCUT2D eigenvalue weighted by molar-refractivity contribution is 6.02. The lowest BCUT2D eigenvalue weighted by molar-refractivity contribution is 0.534. The first-order chi connectivity index (χ1) is 17.1. The van der Waals surface area contributed by atoms with Gasteiger partial charge >= 0.3 is 0 Å². The standard InChI is InChI=1S/C30H29N5/c1-20(2)21(3)23-16-24(18-31-17-23)29-34-27-14-9-13-26(22-10-5-4-6-11-22)28(27)30(35-29)33-19-25-12-7-8-15-32-25/h4-18,20-21H,19H2,1-3H3,(H,33,34,35). The molecule has 0 amide bonds. The van der Waals surface area contributed by atoms with Gasteiger partial charge in [0.25, 0.3) is 0 Å². The molecule has 3 heterocycles. The van der Waals surface area contributed by atoms with E-state index in [1.54, 1.807) is 0 Å². The van der Waals surface area contributed by atoms with Gasteiger partial charge in [-0.25, -0.2) is 9.97 Å². The summed E-state index contributed by atoms with van der Waals surface area (Å²) in [6.07, 6.45) is 5.60. The first-order valence-corrected chi connectivity index (χ1v) is 12.1. The van der Waals surface area contributed by atoms with Crippen molar-refractivity contribution < 1.29 is 0 Å². The summed E-state index contributed by atoms with van der Waals surface area (Å²) in [7, 11) is 0. The molecule has 1 N–H and O–H groups in total. The van der Waals surface area contributed by atoms with Crippen molar-refractivity contribution in [2.24, 2.45) is 5.92 Å². The van der Waals surface area contributed by atoms with Gasteiger partial charge in [0.15, 0.2) is 5.82 Å². The Labute approximate surface area is 206 Å². The Bertz CT molecular complexity index is 1430. The molecule has 5 nitrogen and oxygen atoms in total. The minimum absolute atomic E-state index is 0.398. The highest BCUT2D eigenvalue weighted by atomic mass is 15.0. The van der Waals surface area contributed by atoms with E-state index in [9.17, 15) is 0 Å². The van der Waals surface area contributed by atoms with Crippen LogP contribution in [0.15, 0.2) is 91.4 Å². The molecule has 0 saturated carbocycles. The Hall–Kier alpha value is -4.12. The third-order valence-corrected chi connectivity index (χ3v) is 6.51. The summed E-state index contributed by atoms with van der Waals surface area (Å²) in [6, 6.07) is 24.7. The number of nitrogens with zero attached hydrogens (tertiary/aromatic N) is 4. The molecule has 35 heavy (non-hydrogen) atoms. The summed E-state index contributed by atoms with van der Waals surface area (Å²) in [4.78, 5) is 19.0. The fourth-order valence-electron chi connectivity index (χ4n) is 4.19. The van der Waals surface area contributed by atoms with Gasteiger partial charge < -0.3 is 5.32 Å². The number of hydrogen-bond acceptors (Lipinski definition) is 5. The number of rotatable bonds is 7. The van der Waals surface area contributed by atoms with Crippen LogP contribution in [0.3, 0.4) is 0 Å². The molecule has 0 saturated heterocycles. The molecule has 3 aromatic heterocycles. The molecule has 5 heteroatoms. The van der Waals surface area contributed by atoms with Crippen LogP contribution in [0, 0.1) is 5.92 Å². The molecule has 5 rings (SSSR count). The van der Waals surface area contributed by atoms with Crippen LogP contribution in [0.2, 0.25) is 0 Å². The minimum atomic E-state index is 0.398. The second-order valence-electron chi connectivity index (χ2n) is 9.18. The SMILES string of the molecule is CC(C)C(C)c1cncc(-c2nc(NCc3ccccn3)c3c(-c4ccccc4)cccc3n2)c1. The maximum absolute atomic E-state index is 5.03. The summed E-state index contributed by atoms with van der Waals surface area (Å²) < 4.78 is 0. The summed E-state index contributed by atoms with van der Waals surface area (Å²) in [5.41, 5.74) is 6.18. The Balaban J connectivity index is 1.65. The van der Waals surface area contributed by atoms with Gasteiger partial charge in [-0.05, 0) is 52.8 Å². The monoisotopic (exact) mass is 459 g/mol. The van der Waals surface area contributed by atoms with Crippen molar-refractivity contribution in [3.05, 3.63) is 103 Å². The van der Waals surface area contributed by atoms with E-state index in [0.717, 1.165) is 39.1 Å². The summed E-state index contributed by atoms with van der Waals surface area (Å²) in [5.74, 6) is 2.37. The Morgan fingerprint density at radius 2 is 1.63 bits per heavy atom. The number of anilines is 1. The lowest BCUT2D eigenvalue weighted by Crippen LogP contribution is -2.07. The number of aromatic nitrogens is 4. The van der Waals surface area contributed by atoms with Crippen molar-refractivity contribution >= 4 is 16.7 Å². The zero-order chi connectivity index (χ0) is 24.2. The smallest absolute Gasteiger partial charge is 0.163 e. The van der Waals surface area contributed by atoms with Gasteiger partial charge in [-0.15, -0.1) is 0 Å². The predicted octanol–water partition coefficient (Wildman–Crippen LogP) is 7.13. The average molecular weight is 460 g/mol. The van der Waals surface area contributed by atoms with Crippen molar-refractivity contribution in [2.45, 2.75) is 33.2 Å². The molecule has 5 aromatic rings. The molecule has 1 atom stereocenters. The van der Waals surface area contributed by atoms with E-state index in [0.29, 0.717) is 24.2 Å². The Morgan fingerprint density at radius 1 is 0.800 bits per heavy atom. The minimum Gasteiger partial charge on any atom is -0.364 e. The number of hydrogen-bond donors (Lipinski definition) is 1. The van der Waals surface area contributed by atoms with Crippen molar-refractivity contribution in [3.8, 4) is 22.5 Å². The zero-order valence-corrected chi connectivity index (χ0v) is 20.3. The van der Waals surface area contributed by atoms with Crippen LogP contribution < -0.4 is 5.32 Å². The van der Waals surface area contributed by atoms with E-state index in [2.05, 4.69) is 78.5 Å². The van der Waals surface area contributed by atoms with E-state index in [-0.39, 0.29) is 0 Å². The summed E-state index contributed by atoms with van der Waals surface area (Å²) in [5, 5.41) is 4.54. The molecule has 1 unspecified atom stereocenters.